The molecule has 8 aliphatic carbocycles. The molecule has 0 bridgehead atoms. The normalized spacial score (nSPS) is 49.2. The third kappa shape index (κ3) is 7.48. The Bertz CT molecular complexity index is 1240. The Morgan fingerprint density at radius 3 is 1.45 bits per heavy atom. The van der Waals surface area contributed by atoms with E-state index in [9.17, 15) is 0 Å². The molecule has 0 spiro atoms. The maximum absolute atomic E-state index is 3.75. The molecule has 8 saturated carbocycles. The average molecular weight is 768 g/mol. The summed E-state index contributed by atoms with van der Waals surface area (Å²) in [6.07, 6.45) is 51.5. The van der Waals surface area contributed by atoms with E-state index < -0.39 is 0 Å². The average Bonchev–Trinajstić information content (AvgIpc) is 3.79. The van der Waals surface area contributed by atoms with Gasteiger partial charge < -0.3 is 5.32 Å². The Balaban J connectivity index is 0.807. The van der Waals surface area contributed by atoms with Crippen molar-refractivity contribution < 1.29 is 0 Å². The molecular formula is C53H89N3. The second-order valence-corrected chi connectivity index (χ2v) is 23.9. The van der Waals surface area contributed by atoms with Gasteiger partial charge in [0.1, 0.15) is 0 Å². The molecule has 0 aromatic heterocycles. The van der Waals surface area contributed by atoms with E-state index in [-0.39, 0.29) is 0 Å². The molecule has 3 saturated heterocycles. The van der Waals surface area contributed by atoms with Gasteiger partial charge in [-0.1, -0.05) is 103 Å². The number of likely N-dealkylation sites (tertiary alicyclic amines) is 2. The van der Waals surface area contributed by atoms with Gasteiger partial charge in [-0.3, -0.25) is 9.80 Å². The molecule has 0 amide bonds. The molecule has 316 valence electrons. The first-order valence-electron chi connectivity index (χ1n) is 27.0. The highest BCUT2D eigenvalue weighted by atomic mass is 15.3. The van der Waals surface area contributed by atoms with Crippen molar-refractivity contribution in [2.75, 3.05) is 13.1 Å². The fourth-order valence-electron chi connectivity index (χ4n) is 19.4. The van der Waals surface area contributed by atoms with Crippen molar-refractivity contribution in [2.24, 2.45) is 71.0 Å². The lowest BCUT2D eigenvalue weighted by Gasteiger charge is -2.50. The third-order valence-corrected chi connectivity index (χ3v) is 21.6. The van der Waals surface area contributed by atoms with Crippen LogP contribution >= 0.6 is 0 Å². The molecule has 15 atom stereocenters. The molecule has 0 radical (unpaired) electrons. The van der Waals surface area contributed by atoms with Gasteiger partial charge in [0.25, 0.3) is 0 Å². The van der Waals surface area contributed by atoms with Gasteiger partial charge in [0, 0.05) is 36.3 Å². The summed E-state index contributed by atoms with van der Waals surface area (Å²) in [4.78, 5) is 6.83. The molecule has 0 aromatic carbocycles. The minimum absolute atomic E-state index is 0.923. The number of fused-ring (bicyclic) bond motifs is 6. The number of hydrogen-bond acceptors (Lipinski definition) is 3. The van der Waals surface area contributed by atoms with Crippen molar-refractivity contribution >= 4 is 0 Å². The molecule has 3 heterocycles. The molecule has 11 rings (SSSR count). The number of rotatable bonds is 6. The first-order valence-corrected chi connectivity index (χ1v) is 27.0. The zero-order valence-corrected chi connectivity index (χ0v) is 36.5. The van der Waals surface area contributed by atoms with E-state index >= 15 is 0 Å². The van der Waals surface area contributed by atoms with Crippen LogP contribution in [0.4, 0.5) is 0 Å². The highest BCUT2D eigenvalue weighted by Gasteiger charge is 2.58. The summed E-state index contributed by atoms with van der Waals surface area (Å²) in [6, 6.07) is 5.70. The molecular weight excluding hydrogens is 679 g/mol. The number of nitrogens with zero attached hydrogens (tertiary/aromatic N) is 2. The van der Waals surface area contributed by atoms with Crippen LogP contribution in [0.2, 0.25) is 0 Å². The van der Waals surface area contributed by atoms with Crippen molar-refractivity contribution in [3.63, 3.8) is 0 Å². The van der Waals surface area contributed by atoms with Gasteiger partial charge in [0.05, 0.1) is 0 Å². The molecule has 56 heavy (non-hydrogen) atoms. The van der Waals surface area contributed by atoms with Crippen LogP contribution in [-0.2, 0) is 0 Å². The first kappa shape index (κ1) is 38.8. The molecule has 3 aliphatic heterocycles. The van der Waals surface area contributed by atoms with Crippen molar-refractivity contribution in [3.8, 4) is 0 Å². The topological polar surface area (TPSA) is 18.5 Å². The molecule has 11 fully saturated rings. The molecule has 1 N–H and O–H groups in total. The smallest absolute Gasteiger partial charge is 0.0135 e. The minimum atomic E-state index is 0.923. The number of piperidine rings is 1. The number of nitrogens with one attached hydrogen (secondary N) is 1. The molecule has 11 aliphatic rings. The molecule has 3 heteroatoms. The summed E-state index contributed by atoms with van der Waals surface area (Å²) in [5.41, 5.74) is 0. The summed E-state index contributed by atoms with van der Waals surface area (Å²) in [6.45, 7) is 2.59. The zero-order valence-electron chi connectivity index (χ0n) is 36.5. The Morgan fingerprint density at radius 2 is 0.732 bits per heavy atom. The van der Waals surface area contributed by atoms with Gasteiger partial charge in [-0.25, -0.2) is 0 Å². The summed E-state index contributed by atoms with van der Waals surface area (Å²) in [5.74, 6) is 12.6. The van der Waals surface area contributed by atoms with E-state index in [2.05, 4.69) is 15.1 Å². The van der Waals surface area contributed by atoms with Crippen LogP contribution in [0.1, 0.15) is 212 Å². The second-order valence-electron chi connectivity index (χ2n) is 23.9. The Hall–Kier alpha value is -0.120. The minimum Gasteiger partial charge on any atom is -0.317 e. The lowest BCUT2D eigenvalue weighted by Crippen LogP contribution is -2.52. The van der Waals surface area contributed by atoms with Crippen molar-refractivity contribution in [2.45, 2.75) is 248 Å². The van der Waals surface area contributed by atoms with Crippen molar-refractivity contribution in [1.29, 1.82) is 0 Å². The van der Waals surface area contributed by atoms with Crippen LogP contribution in [0, 0.1) is 71.0 Å². The largest absolute Gasteiger partial charge is 0.317 e. The van der Waals surface area contributed by atoms with Crippen molar-refractivity contribution in [3.05, 3.63) is 0 Å². The van der Waals surface area contributed by atoms with Crippen LogP contribution in [0.25, 0.3) is 0 Å². The van der Waals surface area contributed by atoms with Crippen molar-refractivity contribution in [1.82, 2.24) is 15.1 Å². The van der Waals surface area contributed by atoms with E-state index in [1.165, 1.54) is 77.3 Å². The highest BCUT2D eigenvalue weighted by molar-refractivity contribution is 5.11. The summed E-state index contributed by atoms with van der Waals surface area (Å²) in [5, 5.41) is 3.75. The summed E-state index contributed by atoms with van der Waals surface area (Å²) in [7, 11) is 0. The van der Waals surface area contributed by atoms with Gasteiger partial charge in [0.15, 0.2) is 0 Å². The molecule has 15 unspecified atom stereocenters. The standard InChI is InChI=1S/C53H89N3/c1-3-12-36(13-4-1)39-16-11-17-44(31-39)55-50-20-9-7-18-46(50)48-24-22-41(35-53(48)55)40-23-25-52-49(34-40)47-19-8-10-21-51(47)56(52)45-32-42(37-14-5-2-6-15-37)30-43(33-45)38-26-28-54-29-27-38/h36-54H,1-35H2. The van der Waals surface area contributed by atoms with E-state index in [0.29, 0.717) is 0 Å². The lowest BCUT2D eigenvalue weighted by molar-refractivity contribution is -0.00676. The zero-order chi connectivity index (χ0) is 37.0. The first-order chi connectivity index (χ1) is 27.8. The fraction of sp³-hybridized carbons (Fsp3) is 1.00. The predicted octanol–water partition coefficient (Wildman–Crippen LogP) is 12.8. The maximum atomic E-state index is 3.75. The van der Waals surface area contributed by atoms with Gasteiger partial charge in [-0.05, 0) is 193 Å². The monoisotopic (exact) mass is 768 g/mol. The fourth-order valence-corrected chi connectivity index (χ4v) is 19.4. The quantitative estimate of drug-likeness (QED) is 0.290. The van der Waals surface area contributed by atoms with Crippen LogP contribution in [0.15, 0.2) is 0 Å². The number of hydrogen-bond donors (Lipinski definition) is 1. The SMILES string of the molecule is C1CCC(C2CC(C3CCNCC3)CC(N3C4CCCCC4C4CC(C5CCC6C7CCCCC7N(C7CCCC(C8CCCCC8)C7)C6C5)CCC43)C2)CC1. The Labute approximate surface area is 346 Å². The van der Waals surface area contributed by atoms with Crippen LogP contribution in [0.5, 0.6) is 0 Å². The van der Waals surface area contributed by atoms with Gasteiger partial charge in [0.2, 0.25) is 0 Å². The van der Waals surface area contributed by atoms with Gasteiger partial charge >= 0.3 is 0 Å². The third-order valence-electron chi connectivity index (χ3n) is 21.6. The van der Waals surface area contributed by atoms with E-state index in [1.807, 2.05) is 0 Å². The van der Waals surface area contributed by atoms with Gasteiger partial charge in [-0.2, -0.15) is 0 Å². The Kier molecular flexibility index (Phi) is 12.0. The maximum Gasteiger partial charge on any atom is 0.0135 e. The van der Waals surface area contributed by atoms with E-state index in [1.54, 1.807) is 148 Å². The van der Waals surface area contributed by atoms with Crippen LogP contribution < -0.4 is 5.32 Å². The van der Waals surface area contributed by atoms with Crippen LogP contribution in [0.3, 0.4) is 0 Å². The Morgan fingerprint density at radius 1 is 0.250 bits per heavy atom. The highest BCUT2D eigenvalue weighted by Crippen LogP contribution is 2.59. The van der Waals surface area contributed by atoms with E-state index in [0.717, 1.165) is 107 Å². The molecule has 0 aromatic rings. The van der Waals surface area contributed by atoms with Gasteiger partial charge in [-0.15, -0.1) is 0 Å². The second kappa shape index (κ2) is 17.3. The predicted molar refractivity (Wildman–Crippen MR) is 234 cm³/mol. The molecule has 3 nitrogen and oxygen atoms in total. The van der Waals surface area contributed by atoms with Crippen LogP contribution in [-0.4, -0.2) is 59.1 Å². The summed E-state index contributed by atoms with van der Waals surface area (Å²) >= 11 is 0. The van der Waals surface area contributed by atoms with E-state index in [4.69, 9.17) is 0 Å². The summed E-state index contributed by atoms with van der Waals surface area (Å²) < 4.78 is 0. The lowest BCUT2D eigenvalue weighted by atomic mass is 9.62.